The van der Waals surface area contributed by atoms with Crippen LogP contribution in [0.1, 0.15) is 29.8 Å². The first-order valence-corrected chi connectivity index (χ1v) is 10.0. The standard InChI is InChI=1S/C19H21ClN4OS/c1-11-10-12(2)24(22-11)9-8-23(18(25)14-4-5-14)19-21-17-13(3)15(20)6-7-16(17)26-19/h6-7,10,14H,4-5,8-9H2,1-3H3. The van der Waals surface area contributed by atoms with Crippen molar-refractivity contribution in [2.45, 2.75) is 40.2 Å². The van der Waals surface area contributed by atoms with Gasteiger partial charge < -0.3 is 0 Å². The molecule has 0 N–H and O–H groups in total. The van der Waals surface area contributed by atoms with E-state index in [1.165, 1.54) is 0 Å². The minimum Gasteiger partial charge on any atom is -0.286 e. The summed E-state index contributed by atoms with van der Waals surface area (Å²) in [6.45, 7) is 7.22. The average Bonchev–Trinajstić information content (AvgIpc) is 3.29. The fraction of sp³-hybridized carbons (Fsp3) is 0.421. The first-order valence-electron chi connectivity index (χ1n) is 8.82. The lowest BCUT2D eigenvalue weighted by molar-refractivity contribution is -0.119. The SMILES string of the molecule is Cc1cc(C)n(CCN(C(=O)C2CC2)c2nc3c(C)c(Cl)ccc3s2)n1. The van der Waals surface area contributed by atoms with Crippen LogP contribution in [0, 0.1) is 26.7 Å². The van der Waals surface area contributed by atoms with E-state index in [2.05, 4.69) is 11.2 Å². The van der Waals surface area contributed by atoms with Crippen molar-refractivity contribution in [1.82, 2.24) is 14.8 Å². The fourth-order valence-electron chi connectivity index (χ4n) is 3.15. The van der Waals surface area contributed by atoms with Gasteiger partial charge in [-0.1, -0.05) is 22.9 Å². The summed E-state index contributed by atoms with van der Waals surface area (Å²) in [6, 6.07) is 5.92. The molecule has 1 amide bonds. The Hall–Kier alpha value is -1.92. The molecule has 0 saturated heterocycles. The summed E-state index contributed by atoms with van der Waals surface area (Å²) >= 11 is 7.78. The predicted octanol–water partition coefficient (Wildman–Crippen LogP) is 4.51. The van der Waals surface area contributed by atoms with Crippen LogP contribution in [-0.4, -0.2) is 27.2 Å². The molecule has 2 aromatic heterocycles. The van der Waals surface area contributed by atoms with Crippen molar-refractivity contribution in [1.29, 1.82) is 0 Å². The van der Waals surface area contributed by atoms with Crippen molar-refractivity contribution >= 4 is 44.2 Å². The Balaban J connectivity index is 1.66. The number of hydrogen-bond donors (Lipinski definition) is 0. The molecule has 136 valence electrons. The molecule has 5 nitrogen and oxygen atoms in total. The summed E-state index contributed by atoms with van der Waals surface area (Å²) < 4.78 is 3.01. The second kappa shape index (κ2) is 6.67. The molecule has 26 heavy (non-hydrogen) atoms. The number of nitrogens with zero attached hydrogens (tertiary/aromatic N) is 4. The quantitative estimate of drug-likeness (QED) is 0.645. The summed E-state index contributed by atoms with van der Waals surface area (Å²) in [5.41, 5.74) is 3.95. The van der Waals surface area contributed by atoms with E-state index in [-0.39, 0.29) is 11.8 Å². The monoisotopic (exact) mass is 388 g/mol. The molecule has 2 heterocycles. The molecule has 4 rings (SSSR count). The van der Waals surface area contributed by atoms with Crippen LogP contribution in [0.25, 0.3) is 10.2 Å². The van der Waals surface area contributed by atoms with Crippen molar-refractivity contribution in [3.05, 3.63) is 40.2 Å². The van der Waals surface area contributed by atoms with Gasteiger partial charge in [0, 0.05) is 23.2 Å². The van der Waals surface area contributed by atoms with Crippen LogP contribution in [0.15, 0.2) is 18.2 Å². The smallest absolute Gasteiger partial charge is 0.231 e. The maximum Gasteiger partial charge on any atom is 0.231 e. The number of aromatic nitrogens is 3. The van der Waals surface area contributed by atoms with Gasteiger partial charge in [0.25, 0.3) is 0 Å². The Bertz CT molecular complexity index is 989. The van der Waals surface area contributed by atoms with Crippen molar-refractivity contribution < 1.29 is 4.79 Å². The Morgan fingerprint density at radius 3 is 2.77 bits per heavy atom. The van der Waals surface area contributed by atoms with Gasteiger partial charge >= 0.3 is 0 Å². The molecule has 3 aromatic rings. The van der Waals surface area contributed by atoms with E-state index in [0.717, 1.165) is 45.1 Å². The number of amides is 1. The first-order chi connectivity index (χ1) is 12.4. The van der Waals surface area contributed by atoms with Crippen LogP contribution in [-0.2, 0) is 11.3 Å². The average molecular weight is 389 g/mol. The number of hydrogen-bond acceptors (Lipinski definition) is 4. The molecule has 0 unspecified atom stereocenters. The van der Waals surface area contributed by atoms with Crippen LogP contribution in [0.2, 0.25) is 5.02 Å². The van der Waals surface area contributed by atoms with Crippen LogP contribution >= 0.6 is 22.9 Å². The summed E-state index contributed by atoms with van der Waals surface area (Å²) in [6.07, 6.45) is 1.95. The van der Waals surface area contributed by atoms with Crippen molar-refractivity contribution in [2.24, 2.45) is 5.92 Å². The highest BCUT2D eigenvalue weighted by atomic mass is 35.5. The second-order valence-electron chi connectivity index (χ2n) is 6.93. The minimum absolute atomic E-state index is 0.146. The van der Waals surface area contributed by atoms with E-state index in [9.17, 15) is 4.79 Å². The molecule has 1 aliphatic carbocycles. The molecule has 1 aliphatic rings. The van der Waals surface area contributed by atoms with E-state index in [4.69, 9.17) is 16.6 Å². The molecular weight excluding hydrogens is 368 g/mol. The maximum absolute atomic E-state index is 12.9. The van der Waals surface area contributed by atoms with E-state index < -0.39 is 0 Å². The topological polar surface area (TPSA) is 51.0 Å². The van der Waals surface area contributed by atoms with Crippen molar-refractivity contribution in [3.63, 3.8) is 0 Å². The first kappa shape index (κ1) is 17.5. The van der Waals surface area contributed by atoms with Crippen LogP contribution in [0.4, 0.5) is 5.13 Å². The number of carbonyl (C=O) groups is 1. The number of aryl methyl sites for hydroxylation is 3. The Morgan fingerprint density at radius 1 is 1.35 bits per heavy atom. The predicted molar refractivity (Wildman–Crippen MR) is 106 cm³/mol. The summed E-state index contributed by atoms with van der Waals surface area (Å²) in [4.78, 5) is 19.5. The van der Waals surface area contributed by atoms with Crippen LogP contribution < -0.4 is 4.90 Å². The van der Waals surface area contributed by atoms with E-state index >= 15 is 0 Å². The third-order valence-electron chi connectivity index (χ3n) is 4.80. The Kier molecular flexibility index (Phi) is 4.49. The van der Waals surface area contributed by atoms with Crippen LogP contribution in [0.3, 0.4) is 0 Å². The lowest BCUT2D eigenvalue weighted by Gasteiger charge is -2.20. The van der Waals surface area contributed by atoms with Gasteiger partial charge in [0.15, 0.2) is 5.13 Å². The molecule has 0 atom stereocenters. The summed E-state index contributed by atoms with van der Waals surface area (Å²) in [7, 11) is 0. The zero-order valence-corrected chi connectivity index (χ0v) is 16.7. The fourth-order valence-corrected chi connectivity index (χ4v) is 4.36. The molecule has 0 spiro atoms. The molecule has 1 fully saturated rings. The zero-order chi connectivity index (χ0) is 18.4. The molecule has 1 saturated carbocycles. The van der Waals surface area contributed by atoms with Crippen molar-refractivity contribution in [3.8, 4) is 0 Å². The molecule has 7 heteroatoms. The highest BCUT2D eigenvalue weighted by Crippen LogP contribution is 2.37. The van der Waals surface area contributed by atoms with Gasteiger partial charge in [0.1, 0.15) is 0 Å². The number of anilines is 1. The van der Waals surface area contributed by atoms with Gasteiger partial charge in [-0.3, -0.25) is 14.4 Å². The van der Waals surface area contributed by atoms with E-state index in [0.29, 0.717) is 18.1 Å². The highest BCUT2D eigenvalue weighted by Gasteiger charge is 2.35. The number of benzene rings is 1. The minimum atomic E-state index is 0.146. The summed E-state index contributed by atoms with van der Waals surface area (Å²) in [5, 5.41) is 5.97. The Labute approximate surface area is 161 Å². The van der Waals surface area contributed by atoms with E-state index in [1.54, 1.807) is 11.3 Å². The van der Waals surface area contributed by atoms with Gasteiger partial charge in [0.2, 0.25) is 5.91 Å². The molecule has 1 aromatic carbocycles. The largest absolute Gasteiger partial charge is 0.286 e. The van der Waals surface area contributed by atoms with Gasteiger partial charge in [0.05, 0.1) is 22.5 Å². The van der Waals surface area contributed by atoms with E-state index in [1.807, 2.05) is 42.5 Å². The lowest BCUT2D eigenvalue weighted by atomic mass is 10.2. The lowest BCUT2D eigenvalue weighted by Crippen LogP contribution is -2.35. The van der Waals surface area contributed by atoms with Gasteiger partial charge in [-0.05, 0) is 57.4 Å². The number of rotatable bonds is 5. The van der Waals surface area contributed by atoms with Crippen LogP contribution in [0.5, 0.6) is 0 Å². The molecule has 0 radical (unpaired) electrons. The maximum atomic E-state index is 12.9. The number of fused-ring (bicyclic) bond motifs is 1. The molecule has 0 aliphatic heterocycles. The third-order valence-corrected chi connectivity index (χ3v) is 6.25. The summed E-state index contributed by atoms with van der Waals surface area (Å²) in [5.74, 6) is 0.321. The second-order valence-corrected chi connectivity index (χ2v) is 8.35. The molecular formula is C19H21ClN4OS. The number of carbonyl (C=O) groups excluding carboxylic acids is 1. The Morgan fingerprint density at radius 2 is 2.12 bits per heavy atom. The number of halogens is 1. The van der Waals surface area contributed by atoms with Crippen molar-refractivity contribution in [2.75, 3.05) is 11.4 Å². The zero-order valence-electron chi connectivity index (χ0n) is 15.1. The van der Waals surface area contributed by atoms with Gasteiger partial charge in [-0.25, -0.2) is 4.98 Å². The van der Waals surface area contributed by atoms with Gasteiger partial charge in [-0.15, -0.1) is 0 Å². The normalized spacial score (nSPS) is 14.2. The highest BCUT2D eigenvalue weighted by molar-refractivity contribution is 7.22. The number of thiazole rings is 1. The van der Waals surface area contributed by atoms with Gasteiger partial charge in [-0.2, -0.15) is 5.10 Å². The third kappa shape index (κ3) is 3.23. The molecule has 0 bridgehead atoms.